The van der Waals surface area contributed by atoms with Gasteiger partial charge in [0.05, 0.1) is 19.0 Å². The maximum atomic E-state index is 11.1. The van der Waals surface area contributed by atoms with Crippen molar-refractivity contribution >= 4 is 23.8 Å². The van der Waals surface area contributed by atoms with Crippen molar-refractivity contribution in [2.75, 3.05) is 7.11 Å². The van der Waals surface area contributed by atoms with Crippen LogP contribution in [0.3, 0.4) is 0 Å². The highest BCUT2D eigenvalue weighted by Gasteiger charge is 2.09. The molecule has 0 bridgehead atoms. The van der Waals surface area contributed by atoms with Crippen molar-refractivity contribution in [2.45, 2.75) is 0 Å². The SMILES string of the molecule is COc1cccc(/C=C\c2ccc3ncc(C(=O)O)n3c2)n1. The lowest BCUT2D eigenvalue weighted by Crippen LogP contribution is -2.01. The number of aromatic carboxylic acids is 1. The first-order valence-corrected chi connectivity index (χ1v) is 6.57. The molecule has 0 aliphatic carbocycles. The number of nitrogens with zero attached hydrogens (tertiary/aromatic N) is 3. The third-order valence-electron chi connectivity index (χ3n) is 3.15. The Morgan fingerprint density at radius 3 is 2.91 bits per heavy atom. The van der Waals surface area contributed by atoms with E-state index in [0.717, 1.165) is 11.3 Å². The summed E-state index contributed by atoms with van der Waals surface area (Å²) in [5.41, 5.74) is 2.32. The number of aromatic nitrogens is 3. The number of ether oxygens (including phenoxy) is 1. The van der Waals surface area contributed by atoms with E-state index < -0.39 is 5.97 Å². The number of methoxy groups -OCH3 is 1. The van der Waals surface area contributed by atoms with E-state index in [0.29, 0.717) is 11.5 Å². The van der Waals surface area contributed by atoms with Gasteiger partial charge in [0.15, 0.2) is 5.69 Å². The number of hydrogen-bond acceptors (Lipinski definition) is 4. The van der Waals surface area contributed by atoms with Crippen molar-refractivity contribution in [3.8, 4) is 5.88 Å². The summed E-state index contributed by atoms with van der Waals surface area (Å²) in [5, 5.41) is 9.13. The molecule has 3 rings (SSSR count). The molecule has 3 heterocycles. The minimum absolute atomic E-state index is 0.129. The van der Waals surface area contributed by atoms with E-state index in [4.69, 9.17) is 9.84 Å². The zero-order valence-corrected chi connectivity index (χ0v) is 11.8. The van der Waals surface area contributed by atoms with E-state index in [1.807, 2.05) is 30.4 Å². The lowest BCUT2D eigenvalue weighted by molar-refractivity contribution is 0.0689. The fourth-order valence-corrected chi connectivity index (χ4v) is 2.07. The van der Waals surface area contributed by atoms with Crippen LogP contribution in [0.5, 0.6) is 5.88 Å². The van der Waals surface area contributed by atoms with E-state index in [-0.39, 0.29) is 5.69 Å². The summed E-state index contributed by atoms with van der Waals surface area (Å²) < 4.78 is 6.62. The smallest absolute Gasteiger partial charge is 0.354 e. The van der Waals surface area contributed by atoms with Gasteiger partial charge in [0.2, 0.25) is 5.88 Å². The molecule has 0 aliphatic heterocycles. The van der Waals surface area contributed by atoms with Crippen molar-refractivity contribution in [3.05, 3.63) is 59.7 Å². The van der Waals surface area contributed by atoms with Crippen LogP contribution >= 0.6 is 0 Å². The van der Waals surface area contributed by atoms with Crippen LogP contribution in [0.4, 0.5) is 0 Å². The Hall–Kier alpha value is -3.15. The van der Waals surface area contributed by atoms with Crippen LogP contribution in [0.25, 0.3) is 17.8 Å². The highest BCUT2D eigenvalue weighted by molar-refractivity contribution is 5.86. The fourth-order valence-electron chi connectivity index (χ4n) is 2.07. The summed E-state index contributed by atoms with van der Waals surface area (Å²) >= 11 is 0. The molecule has 6 nitrogen and oxygen atoms in total. The number of pyridine rings is 2. The minimum atomic E-state index is -1.01. The molecule has 0 spiro atoms. The van der Waals surface area contributed by atoms with Crippen LogP contribution in [0.1, 0.15) is 21.7 Å². The monoisotopic (exact) mass is 295 g/mol. The van der Waals surface area contributed by atoms with Gasteiger partial charge in [-0.3, -0.25) is 4.40 Å². The molecule has 1 N–H and O–H groups in total. The number of imidazole rings is 1. The van der Waals surface area contributed by atoms with E-state index in [1.165, 1.54) is 6.20 Å². The van der Waals surface area contributed by atoms with Crippen LogP contribution in [-0.4, -0.2) is 32.6 Å². The molecule has 0 amide bonds. The second-order valence-corrected chi connectivity index (χ2v) is 4.58. The third kappa shape index (κ3) is 2.67. The average Bonchev–Trinajstić information content (AvgIpc) is 2.96. The topological polar surface area (TPSA) is 76.7 Å². The Morgan fingerprint density at radius 1 is 1.27 bits per heavy atom. The Balaban J connectivity index is 1.94. The Bertz CT molecular complexity index is 868. The molecule has 6 heteroatoms. The van der Waals surface area contributed by atoms with Gasteiger partial charge in [-0.2, -0.15) is 0 Å². The largest absolute Gasteiger partial charge is 0.481 e. The molecule has 110 valence electrons. The molecule has 0 unspecified atom stereocenters. The standard InChI is InChI=1S/C16H13N3O3/c1-22-15-4-2-3-12(18-15)7-5-11-6-8-14-17-9-13(16(20)21)19(14)10-11/h2-10H,1H3,(H,20,21)/b7-5-. The molecule has 0 fully saturated rings. The fraction of sp³-hybridized carbons (Fsp3) is 0.0625. The van der Waals surface area contributed by atoms with Crippen LogP contribution < -0.4 is 4.74 Å². The molecule has 0 saturated carbocycles. The van der Waals surface area contributed by atoms with Gasteiger partial charge >= 0.3 is 5.97 Å². The molecule has 3 aromatic rings. The van der Waals surface area contributed by atoms with E-state index >= 15 is 0 Å². The first-order valence-electron chi connectivity index (χ1n) is 6.57. The first kappa shape index (κ1) is 13.8. The van der Waals surface area contributed by atoms with E-state index in [2.05, 4.69) is 9.97 Å². The number of carbonyl (C=O) groups is 1. The number of fused-ring (bicyclic) bond motifs is 1. The number of rotatable bonds is 4. The van der Waals surface area contributed by atoms with Crippen molar-refractivity contribution in [1.82, 2.24) is 14.4 Å². The van der Waals surface area contributed by atoms with E-state index in [1.54, 1.807) is 29.8 Å². The Kier molecular flexibility index (Phi) is 3.57. The van der Waals surface area contributed by atoms with Crippen LogP contribution in [0.2, 0.25) is 0 Å². The predicted molar refractivity (Wildman–Crippen MR) is 81.9 cm³/mol. The number of hydrogen-bond donors (Lipinski definition) is 1. The Morgan fingerprint density at radius 2 is 2.14 bits per heavy atom. The second kappa shape index (κ2) is 5.69. The Labute approximate surface area is 126 Å². The molecule has 0 radical (unpaired) electrons. The van der Waals surface area contributed by atoms with Gasteiger partial charge in [-0.1, -0.05) is 12.1 Å². The summed E-state index contributed by atoms with van der Waals surface area (Å²) in [5.74, 6) is -0.469. The lowest BCUT2D eigenvalue weighted by Gasteiger charge is -2.00. The zero-order valence-electron chi connectivity index (χ0n) is 11.8. The van der Waals surface area contributed by atoms with Gasteiger partial charge in [0, 0.05) is 12.3 Å². The second-order valence-electron chi connectivity index (χ2n) is 4.58. The maximum Gasteiger partial charge on any atom is 0.354 e. The quantitative estimate of drug-likeness (QED) is 0.800. The van der Waals surface area contributed by atoms with Gasteiger partial charge in [-0.05, 0) is 29.8 Å². The number of carboxylic acid groups (broad SMARTS) is 1. The van der Waals surface area contributed by atoms with Crippen molar-refractivity contribution in [1.29, 1.82) is 0 Å². The normalized spacial score (nSPS) is 11.1. The van der Waals surface area contributed by atoms with Gasteiger partial charge < -0.3 is 9.84 Å². The molecule has 22 heavy (non-hydrogen) atoms. The molecule has 0 saturated heterocycles. The molecule has 0 atom stereocenters. The predicted octanol–water partition coefficient (Wildman–Crippen LogP) is 2.61. The summed E-state index contributed by atoms with van der Waals surface area (Å²) in [6, 6.07) is 9.12. The van der Waals surface area contributed by atoms with Gasteiger partial charge in [-0.15, -0.1) is 0 Å². The molecule has 0 aliphatic rings. The average molecular weight is 295 g/mol. The minimum Gasteiger partial charge on any atom is -0.481 e. The van der Waals surface area contributed by atoms with E-state index in [9.17, 15) is 4.79 Å². The zero-order chi connectivity index (χ0) is 15.5. The maximum absolute atomic E-state index is 11.1. The third-order valence-corrected chi connectivity index (χ3v) is 3.15. The van der Waals surface area contributed by atoms with Gasteiger partial charge in [0.1, 0.15) is 5.65 Å². The first-order chi connectivity index (χ1) is 10.7. The van der Waals surface area contributed by atoms with Crippen molar-refractivity contribution < 1.29 is 14.6 Å². The summed E-state index contributed by atoms with van der Waals surface area (Å²) in [7, 11) is 1.57. The lowest BCUT2D eigenvalue weighted by atomic mass is 10.2. The van der Waals surface area contributed by atoms with Crippen LogP contribution in [0, 0.1) is 0 Å². The molecular weight excluding hydrogens is 282 g/mol. The number of carboxylic acids is 1. The summed E-state index contributed by atoms with van der Waals surface area (Å²) in [6.07, 6.45) is 6.76. The highest BCUT2D eigenvalue weighted by Crippen LogP contribution is 2.13. The van der Waals surface area contributed by atoms with Gasteiger partial charge in [0.25, 0.3) is 0 Å². The van der Waals surface area contributed by atoms with Crippen LogP contribution in [0.15, 0.2) is 42.7 Å². The van der Waals surface area contributed by atoms with Crippen molar-refractivity contribution in [2.24, 2.45) is 0 Å². The molecule has 0 aromatic carbocycles. The summed E-state index contributed by atoms with van der Waals surface area (Å²) in [4.78, 5) is 19.5. The van der Waals surface area contributed by atoms with Crippen molar-refractivity contribution in [3.63, 3.8) is 0 Å². The summed E-state index contributed by atoms with van der Waals surface area (Å²) in [6.45, 7) is 0. The molecule has 3 aromatic heterocycles. The van der Waals surface area contributed by atoms with Crippen LogP contribution in [-0.2, 0) is 0 Å². The van der Waals surface area contributed by atoms with Gasteiger partial charge in [-0.25, -0.2) is 14.8 Å². The molecular formula is C16H13N3O3. The highest BCUT2D eigenvalue weighted by atomic mass is 16.5.